The quantitative estimate of drug-likeness (QED) is 0.348. The van der Waals surface area contributed by atoms with Gasteiger partial charge in [0.25, 0.3) is 0 Å². The number of anilines is 1. The first-order chi connectivity index (χ1) is 17.3. The van der Waals surface area contributed by atoms with Gasteiger partial charge in [-0.3, -0.25) is 4.79 Å². The molecule has 11 heteroatoms. The summed E-state index contributed by atoms with van der Waals surface area (Å²) in [5.41, 5.74) is 1.82. The molecule has 0 bridgehead atoms. The van der Waals surface area contributed by atoms with Gasteiger partial charge in [-0.15, -0.1) is 0 Å². The van der Waals surface area contributed by atoms with Crippen LogP contribution in [0.3, 0.4) is 0 Å². The number of ether oxygens (including phenoxy) is 1. The number of nitrogens with zero attached hydrogens (tertiary/aromatic N) is 2. The van der Waals surface area contributed by atoms with Gasteiger partial charge < -0.3 is 15.2 Å². The second kappa shape index (κ2) is 11.1. The number of carbonyl (C=O) groups excluding carboxylic acids is 1. The van der Waals surface area contributed by atoms with E-state index in [-0.39, 0.29) is 51.3 Å². The Balaban J connectivity index is 2.17. The van der Waals surface area contributed by atoms with Gasteiger partial charge in [0.1, 0.15) is 10.6 Å². The first kappa shape index (κ1) is 27.9. The lowest BCUT2D eigenvalue weighted by molar-refractivity contribution is -0.118. The van der Waals surface area contributed by atoms with Crippen molar-refractivity contribution in [2.45, 2.75) is 58.9 Å². The van der Waals surface area contributed by atoms with Crippen LogP contribution in [-0.4, -0.2) is 41.2 Å². The second-order valence-electron chi connectivity index (χ2n) is 9.17. The topological polar surface area (TPSA) is 140 Å². The molecule has 1 atom stereocenters. The maximum absolute atomic E-state index is 13.4. The first-order valence-electron chi connectivity index (χ1n) is 11.9. The van der Waals surface area contributed by atoms with Gasteiger partial charge in [-0.2, -0.15) is 9.78 Å². The highest BCUT2D eigenvalue weighted by Gasteiger charge is 2.27. The van der Waals surface area contributed by atoms with E-state index in [0.717, 1.165) is 5.56 Å². The van der Waals surface area contributed by atoms with E-state index < -0.39 is 16.0 Å². The summed E-state index contributed by atoms with van der Waals surface area (Å²) >= 11 is 0. The number of rotatable bonds is 10. The molecule has 3 rings (SSSR count). The number of carboxylic acid groups (broad SMARTS) is 1. The summed E-state index contributed by atoms with van der Waals surface area (Å²) in [5.74, 6) is -1.82. The van der Waals surface area contributed by atoms with Gasteiger partial charge >= 0.3 is 5.97 Å². The molecule has 3 aromatic rings. The molecular formula is C26H32N4O6S. The molecule has 0 fully saturated rings. The third kappa shape index (κ3) is 6.36. The third-order valence-corrected chi connectivity index (χ3v) is 7.36. The first-order valence-corrected chi connectivity index (χ1v) is 13.4. The van der Waals surface area contributed by atoms with E-state index in [1.807, 2.05) is 26.0 Å². The highest BCUT2D eigenvalue weighted by atomic mass is 32.2. The van der Waals surface area contributed by atoms with Gasteiger partial charge in [0, 0.05) is 23.2 Å². The number of aryl methyl sites for hydroxylation is 1. The van der Waals surface area contributed by atoms with Gasteiger partial charge in [0.05, 0.1) is 5.69 Å². The van der Waals surface area contributed by atoms with Crippen molar-refractivity contribution in [2.24, 2.45) is 5.92 Å². The summed E-state index contributed by atoms with van der Waals surface area (Å²) < 4.78 is 36.7. The van der Waals surface area contributed by atoms with Crippen LogP contribution in [0.4, 0.5) is 5.69 Å². The number of amides is 1. The Morgan fingerprint density at radius 2 is 1.73 bits per heavy atom. The number of sulfonamides is 1. The lowest BCUT2D eigenvalue weighted by atomic mass is 10.2. The van der Waals surface area contributed by atoms with E-state index in [9.17, 15) is 23.1 Å². The Morgan fingerprint density at radius 1 is 1.08 bits per heavy atom. The van der Waals surface area contributed by atoms with Gasteiger partial charge in [0.2, 0.25) is 21.8 Å². The fourth-order valence-corrected chi connectivity index (χ4v) is 4.83. The molecule has 0 unspecified atom stereocenters. The van der Waals surface area contributed by atoms with Crippen LogP contribution < -0.4 is 14.8 Å². The molecule has 0 saturated carbocycles. The fourth-order valence-electron chi connectivity index (χ4n) is 3.35. The Bertz CT molecular complexity index is 1410. The Morgan fingerprint density at radius 3 is 2.30 bits per heavy atom. The largest absolute Gasteiger partial charge is 0.476 e. The molecule has 0 saturated heterocycles. The van der Waals surface area contributed by atoms with Crippen molar-refractivity contribution in [3.63, 3.8) is 0 Å². The molecule has 0 aliphatic carbocycles. The SMILES string of the molecule is CC[C@@H](C)NS(=O)(=O)c1cc(NC(=O)C(C)C)ccc1Oc1c(C)c(C(=O)O)nn1-c1ccc(C)cc1. The molecule has 37 heavy (non-hydrogen) atoms. The number of aromatic carboxylic acids is 1. The van der Waals surface area contributed by atoms with Crippen LogP contribution in [0, 0.1) is 19.8 Å². The summed E-state index contributed by atoms with van der Waals surface area (Å²) in [6.45, 7) is 10.5. The van der Waals surface area contributed by atoms with Crippen LogP contribution in [-0.2, 0) is 14.8 Å². The van der Waals surface area contributed by atoms with E-state index in [0.29, 0.717) is 12.1 Å². The number of carboxylic acids is 1. The van der Waals surface area contributed by atoms with Crippen LogP contribution in [0.5, 0.6) is 11.6 Å². The number of hydrogen-bond acceptors (Lipinski definition) is 6. The maximum Gasteiger partial charge on any atom is 0.356 e. The van der Waals surface area contributed by atoms with E-state index in [1.54, 1.807) is 39.8 Å². The fraction of sp³-hybridized carbons (Fsp3) is 0.346. The third-order valence-electron chi connectivity index (χ3n) is 5.75. The molecule has 1 aromatic heterocycles. The van der Waals surface area contributed by atoms with Gasteiger partial charge in [0.15, 0.2) is 5.69 Å². The van der Waals surface area contributed by atoms with Crippen LogP contribution in [0.15, 0.2) is 47.4 Å². The zero-order valence-corrected chi connectivity index (χ0v) is 22.5. The van der Waals surface area contributed by atoms with Crippen molar-refractivity contribution < 1.29 is 27.9 Å². The normalized spacial score (nSPS) is 12.4. The lowest BCUT2D eigenvalue weighted by Gasteiger charge is -2.18. The average Bonchev–Trinajstić information content (AvgIpc) is 3.16. The van der Waals surface area contributed by atoms with Crippen molar-refractivity contribution in [2.75, 3.05) is 5.32 Å². The van der Waals surface area contributed by atoms with Gasteiger partial charge in [-0.1, -0.05) is 38.5 Å². The summed E-state index contributed by atoms with van der Waals surface area (Å²) in [4.78, 5) is 23.9. The summed E-state index contributed by atoms with van der Waals surface area (Å²) in [7, 11) is -4.08. The summed E-state index contributed by atoms with van der Waals surface area (Å²) in [6, 6.07) is 11.1. The molecule has 0 radical (unpaired) electrons. The molecule has 1 amide bonds. The molecule has 0 spiro atoms. The number of hydrogen-bond donors (Lipinski definition) is 3. The van der Waals surface area contributed by atoms with E-state index in [4.69, 9.17) is 4.74 Å². The molecule has 3 N–H and O–H groups in total. The Labute approximate surface area is 216 Å². The highest BCUT2D eigenvalue weighted by Crippen LogP contribution is 2.35. The zero-order chi connectivity index (χ0) is 27.5. The van der Waals surface area contributed by atoms with Crippen LogP contribution in [0.25, 0.3) is 5.69 Å². The van der Waals surface area contributed by atoms with E-state index >= 15 is 0 Å². The molecular weight excluding hydrogens is 496 g/mol. The van der Waals surface area contributed by atoms with Crippen molar-refractivity contribution >= 4 is 27.6 Å². The van der Waals surface area contributed by atoms with Crippen molar-refractivity contribution in [1.29, 1.82) is 0 Å². The minimum absolute atomic E-state index is 0.0494. The number of benzene rings is 2. The van der Waals surface area contributed by atoms with E-state index in [2.05, 4.69) is 15.1 Å². The Hall–Kier alpha value is -3.70. The lowest BCUT2D eigenvalue weighted by Crippen LogP contribution is -2.32. The molecule has 0 aliphatic heterocycles. The summed E-state index contributed by atoms with van der Waals surface area (Å²) in [6.07, 6.45) is 0.556. The minimum atomic E-state index is -4.08. The number of carbonyl (C=O) groups is 2. The molecule has 198 valence electrons. The van der Waals surface area contributed by atoms with E-state index in [1.165, 1.54) is 22.9 Å². The van der Waals surface area contributed by atoms with Crippen molar-refractivity contribution in [3.05, 3.63) is 59.3 Å². The van der Waals surface area contributed by atoms with Crippen LogP contribution >= 0.6 is 0 Å². The number of aromatic nitrogens is 2. The predicted octanol–water partition coefficient (Wildman–Crippen LogP) is 4.65. The minimum Gasteiger partial charge on any atom is -0.476 e. The van der Waals surface area contributed by atoms with Crippen LogP contribution in [0.2, 0.25) is 0 Å². The van der Waals surface area contributed by atoms with Crippen LogP contribution in [0.1, 0.15) is 55.7 Å². The average molecular weight is 529 g/mol. The van der Waals surface area contributed by atoms with Crippen molar-refractivity contribution in [3.8, 4) is 17.3 Å². The molecule has 0 aliphatic rings. The predicted molar refractivity (Wildman–Crippen MR) is 140 cm³/mol. The van der Waals surface area contributed by atoms with Gasteiger partial charge in [-0.05, 0) is 57.5 Å². The standard InChI is InChI=1S/C26H32N4O6S/c1-7-17(5)29-37(34,35)22-14-19(27-24(31)15(2)3)10-13-21(22)36-25-18(6)23(26(32)33)28-30(25)20-11-8-16(4)9-12-20/h8-15,17,29H,7H2,1-6H3,(H,27,31)(H,32,33)/t17-/m1/s1. The van der Waals surface area contributed by atoms with Gasteiger partial charge in [-0.25, -0.2) is 17.9 Å². The summed E-state index contributed by atoms with van der Waals surface area (Å²) in [5, 5.41) is 16.6. The second-order valence-corrected chi connectivity index (χ2v) is 10.9. The number of nitrogens with one attached hydrogen (secondary N) is 2. The molecule has 1 heterocycles. The monoisotopic (exact) mass is 528 g/mol. The molecule has 10 nitrogen and oxygen atoms in total. The smallest absolute Gasteiger partial charge is 0.356 e. The molecule has 2 aromatic carbocycles. The highest BCUT2D eigenvalue weighted by molar-refractivity contribution is 7.89. The maximum atomic E-state index is 13.4. The Kier molecular flexibility index (Phi) is 8.39. The zero-order valence-electron chi connectivity index (χ0n) is 21.7. The van der Waals surface area contributed by atoms with Crippen molar-refractivity contribution in [1.82, 2.24) is 14.5 Å².